The summed E-state index contributed by atoms with van der Waals surface area (Å²) in [5, 5.41) is 1.23. The van der Waals surface area contributed by atoms with E-state index in [-0.39, 0.29) is 0 Å². The molecule has 2 aromatic rings. The van der Waals surface area contributed by atoms with Gasteiger partial charge in [-0.3, -0.25) is 0 Å². The summed E-state index contributed by atoms with van der Waals surface area (Å²) in [6, 6.07) is 2.02. The van der Waals surface area contributed by atoms with E-state index in [4.69, 9.17) is 0 Å². The molecule has 70 valence electrons. The number of nitrogens with one attached hydrogen (secondary N) is 1. The van der Waals surface area contributed by atoms with Crippen molar-refractivity contribution in [1.82, 2.24) is 9.97 Å². The summed E-state index contributed by atoms with van der Waals surface area (Å²) < 4.78 is 0.882. The topological polar surface area (TPSA) is 28.7 Å². The number of aromatic nitrogens is 2. The molecular weight excluding hydrogens is 228 g/mol. The van der Waals surface area contributed by atoms with Crippen LogP contribution in [0, 0.1) is 6.92 Å². The van der Waals surface area contributed by atoms with Gasteiger partial charge in [-0.15, -0.1) is 0 Å². The van der Waals surface area contributed by atoms with Crippen molar-refractivity contribution in [1.29, 1.82) is 0 Å². The normalized spacial score (nSPS) is 9.54. The van der Waals surface area contributed by atoms with E-state index in [1.54, 1.807) is 0 Å². The van der Waals surface area contributed by atoms with Crippen molar-refractivity contribution in [2.24, 2.45) is 0 Å². The Morgan fingerprint density at radius 3 is 2.77 bits per heavy atom. The van der Waals surface area contributed by atoms with E-state index in [0.717, 1.165) is 10.1 Å². The summed E-state index contributed by atoms with van der Waals surface area (Å²) in [7, 11) is 0. The van der Waals surface area contributed by atoms with Gasteiger partial charge in [0, 0.05) is 11.6 Å². The fraction of sp³-hybridized carbons (Fsp3) is 0.300. The first-order valence-corrected chi connectivity index (χ1v) is 5.16. The van der Waals surface area contributed by atoms with E-state index in [1.165, 1.54) is 10.9 Å². The second kappa shape index (κ2) is 4.42. The minimum atomic E-state index is 0.882. The summed E-state index contributed by atoms with van der Waals surface area (Å²) >= 11 is 3.33. The van der Waals surface area contributed by atoms with Crippen molar-refractivity contribution >= 4 is 26.8 Å². The Balaban J connectivity index is 0.000000396. The predicted molar refractivity (Wildman–Crippen MR) is 59.9 cm³/mol. The van der Waals surface area contributed by atoms with Crippen molar-refractivity contribution < 1.29 is 0 Å². The van der Waals surface area contributed by atoms with Crippen LogP contribution in [0.15, 0.2) is 23.1 Å². The molecular formula is C10H13BrN2. The summed E-state index contributed by atoms with van der Waals surface area (Å²) in [6.07, 6.45) is 3.81. The smallest absolute Gasteiger partial charge is 0.106 e. The van der Waals surface area contributed by atoms with Gasteiger partial charge < -0.3 is 4.98 Å². The number of pyridine rings is 1. The average molecular weight is 241 g/mol. The molecule has 2 nitrogen and oxygen atoms in total. The van der Waals surface area contributed by atoms with Crippen molar-refractivity contribution in [3.05, 3.63) is 28.6 Å². The zero-order valence-corrected chi connectivity index (χ0v) is 9.64. The van der Waals surface area contributed by atoms with Crippen LogP contribution in [-0.4, -0.2) is 9.97 Å². The molecule has 2 heterocycles. The third-order valence-electron chi connectivity index (χ3n) is 1.74. The molecule has 0 spiro atoms. The summed E-state index contributed by atoms with van der Waals surface area (Å²) in [4.78, 5) is 7.24. The molecule has 0 saturated heterocycles. The van der Waals surface area contributed by atoms with Crippen LogP contribution in [0.1, 0.15) is 19.4 Å². The molecule has 0 aromatic carbocycles. The Morgan fingerprint density at radius 2 is 2.08 bits per heavy atom. The van der Waals surface area contributed by atoms with E-state index in [9.17, 15) is 0 Å². The zero-order valence-electron chi connectivity index (χ0n) is 8.06. The second-order valence-corrected chi connectivity index (χ2v) is 3.34. The molecule has 0 bridgehead atoms. The SMILES string of the molecule is CC.Cc1c[nH]c2cnc(Br)cc12. The van der Waals surface area contributed by atoms with Gasteiger partial charge in [-0.25, -0.2) is 4.98 Å². The molecule has 3 heteroatoms. The first-order chi connectivity index (χ1) is 6.27. The number of rotatable bonds is 0. The van der Waals surface area contributed by atoms with Gasteiger partial charge in [0.1, 0.15) is 4.60 Å². The van der Waals surface area contributed by atoms with E-state index >= 15 is 0 Å². The van der Waals surface area contributed by atoms with Gasteiger partial charge in [0.2, 0.25) is 0 Å². The number of fused-ring (bicyclic) bond motifs is 1. The van der Waals surface area contributed by atoms with Gasteiger partial charge in [-0.1, -0.05) is 13.8 Å². The third-order valence-corrected chi connectivity index (χ3v) is 2.17. The fourth-order valence-electron chi connectivity index (χ4n) is 1.13. The van der Waals surface area contributed by atoms with Crippen LogP contribution >= 0.6 is 15.9 Å². The molecule has 1 N–H and O–H groups in total. The maximum absolute atomic E-state index is 4.11. The molecule has 0 fully saturated rings. The molecule has 13 heavy (non-hydrogen) atoms. The third kappa shape index (κ3) is 2.10. The molecule has 0 aliphatic carbocycles. The first kappa shape index (κ1) is 10.3. The first-order valence-electron chi connectivity index (χ1n) is 4.36. The highest BCUT2D eigenvalue weighted by Crippen LogP contribution is 2.19. The molecule has 0 unspecified atom stereocenters. The number of H-pyrrole nitrogens is 1. The van der Waals surface area contributed by atoms with Crippen molar-refractivity contribution in [3.63, 3.8) is 0 Å². The standard InChI is InChI=1S/C8H7BrN2.C2H6/c1-5-3-10-7-4-11-8(9)2-6(5)7;1-2/h2-4,10H,1H3;1-2H3. The van der Waals surface area contributed by atoms with Gasteiger partial charge in [-0.05, 0) is 34.5 Å². The van der Waals surface area contributed by atoms with Crippen molar-refractivity contribution in [2.45, 2.75) is 20.8 Å². The second-order valence-electron chi connectivity index (χ2n) is 2.52. The lowest BCUT2D eigenvalue weighted by atomic mass is 10.2. The lowest BCUT2D eigenvalue weighted by molar-refractivity contribution is 1.29. The number of halogens is 1. The lowest BCUT2D eigenvalue weighted by Gasteiger charge is -1.90. The Labute approximate surface area is 86.5 Å². The number of aromatic amines is 1. The molecule has 0 saturated carbocycles. The molecule has 0 aliphatic heterocycles. The summed E-state index contributed by atoms with van der Waals surface area (Å²) in [6.45, 7) is 6.07. The Hall–Kier alpha value is -0.830. The van der Waals surface area contributed by atoms with Crippen LogP contribution in [0.3, 0.4) is 0 Å². The largest absolute Gasteiger partial charge is 0.360 e. The number of aryl methyl sites for hydroxylation is 1. The van der Waals surface area contributed by atoms with Crippen LogP contribution in [0.5, 0.6) is 0 Å². The number of hydrogen-bond donors (Lipinski definition) is 1. The van der Waals surface area contributed by atoms with E-state index < -0.39 is 0 Å². The highest BCUT2D eigenvalue weighted by Gasteiger charge is 1.98. The maximum Gasteiger partial charge on any atom is 0.106 e. The van der Waals surface area contributed by atoms with Crippen LogP contribution in [0.2, 0.25) is 0 Å². The Bertz CT molecular complexity index is 393. The zero-order chi connectivity index (χ0) is 9.84. The molecule has 0 radical (unpaired) electrons. The quantitative estimate of drug-likeness (QED) is 0.700. The van der Waals surface area contributed by atoms with Crippen LogP contribution in [0.25, 0.3) is 10.9 Å². The van der Waals surface area contributed by atoms with Crippen molar-refractivity contribution in [2.75, 3.05) is 0 Å². The van der Waals surface area contributed by atoms with Gasteiger partial charge in [0.15, 0.2) is 0 Å². The van der Waals surface area contributed by atoms with E-state index in [2.05, 4.69) is 32.8 Å². The van der Waals surface area contributed by atoms with Gasteiger partial charge in [0.05, 0.1) is 11.7 Å². The maximum atomic E-state index is 4.11. The van der Waals surface area contributed by atoms with Crippen molar-refractivity contribution in [3.8, 4) is 0 Å². The Morgan fingerprint density at radius 1 is 1.38 bits per heavy atom. The minimum Gasteiger partial charge on any atom is -0.360 e. The molecule has 0 amide bonds. The molecule has 2 aromatic heterocycles. The van der Waals surface area contributed by atoms with E-state index in [1.807, 2.05) is 32.3 Å². The van der Waals surface area contributed by atoms with E-state index in [0.29, 0.717) is 0 Å². The summed E-state index contributed by atoms with van der Waals surface area (Å²) in [5.74, 6) is 0. The average Bonchev–Trinajstić information content (AvgIpc) is 2.52. The molecule has 0 atom stereocenters. The number of nitrogens with zero attached hydrogens (tertiary/aromatic N) is 1. The lowest BCUT2D eigenvalue weighted by Crippen LogP contribution is -1.74. The van der Waals surface area contributed by atoms with Gasteiger partial charge in [0.25, 0.3) is 0 Å². The molecule has 0 aliphatic rings. The van der Waals surface area contributed by atoms with Gasteiger partial charge >= 0.3 is 0 Å². The molecule has 2 rings (SSSR count). The fourth-order valence-corrected chi connectivity index (χ4v) is 1.47. The highest BCUT2D eigenvalue weighted by atomic mass is 79.9. The highest BCUT2D eigenvalue weighted by molar-refractivity contribution is 9.10. The predicted octanol–water partition coefficient (Wildman–Crippen LogP) is 3.66. The summed E-state index contributed by atoms with van der Waals surface area (Å²) in [5.41, 5.74) is 2.34. The monoisotopic (exact) mass is 240 g/mol. The van der Waals surface area contributed by atoms with Crippen LogP contribution < -0.4 is 0 Å². The Kier molecular flexibility index (Phi) is 3.48. The minimum absolute atomic E-state index is 0.882. The van der Waals surface area contributed by atoms with Crippen LogP contribution in [0.4, 0.5) is 0 Å². The number of hydrogen-bond acceptors (Lipinski definition) is 1. The van der Waals surface area contributed by atoms with Gasteiger partial charge in [-0.2, -0.15) is 0 Å². The van der Waals surface area contributed by atoms with Crippen LogP contribution in [-0.2, 0) is 0 Å².